The van der Waals surface area contributed by atoms with Gasteiger partial charge in [-0.3, -0.25) is 9.59 Å². The highest BCUT2D eigenvalue weighted by Gasteiger charge is 2.38. The molecule has 1 unspecified atom stereocenters. The van der Waals surface area contributed by atoms with Crippen LogP contribution in [0.25, 0.3) is 0 Å². The highest BCUT2D eigenvalue weighted by molar-refractivity contribution is 5.90. The number of amides is 2. The summed E-state index contributed by atoms with van der Waals surface area (Å²) in [6, 6.07) is -0.208. The number of hydrogen-bond acceptors (Lipinski definition) is 3. The van der Waals surface area contributed by atoms with Crippen molar-refractivity contribution in [2.45, 2.75) is 39.2 Å². The Balaban J connectivity index is 1.86. The topological polar surface area (TPSA) is 49.9 Å². The van der Waals surface area contributed by atoms with Crippen LogP contribution in [0.3, 0.4) is 0 Å². The number of nitrogens with zero attached hydrogens (tertiary/aromatic N) is 2. The van der Waals surface area contributed by atoms with Crippen LogP contribution in [-0.4, -0.2) is 60.5 Å². The first-order valence-electron chi connectivity index (χ1n) is 7.25. The van der Waals surface area contributed by atoms with Crippen molar-refractivity contribution in [3.05, 3.63) is 0 Å². The fourth-order valence-electron chi connectivity index (χ4n) is 2.73. The van der Waals surface area contributed by atoms with E-state index in [2.05, 4.69) is 13.8 Å². The normalized spacial score (nSPS) is 24.1. The van der Waals surface area contributed by atoms with Crippen LogP contribution in [0.15, 0.2) is 0 Å². The predicted molar refractivity (Wildman–Crippen MR) is 71.6 cm³/mol. The fraction of sp³-hybridized carbons (Fsp3) is 0.857. The molecule has 108 valence electrons. The van der Waals surface area contributed by atoms with Crippen LogP contribution in [-0.2, 0) is 14.3 Å². The third-order valence-corrected chi connectivity index (χ3v) is 3.72. The van der Waals surface area contributed by atoms with Crippen LogP contribution in [0.1, 0.15) is 33.1 Å². The highest BCUT2D eigenvalue weighted by atomic mass is 16.5. The van der Waals surface area contributed by atoms with E-state index in [0.29, 0.717) is 32.0 Å². The monoisotopic (exact) mass is 268 g/mol. The maximum atomic E-state index is 12.4. The summed E-state index contributed by atoms with van der Waals surface area (Å²) in [4.78, 5) is 27.9. The molecule has 2 amide bonds. The Hall–Kier alpha value is -1.10. The zero-order valence-corrected chi connectivity index (χ0v) is 11.9. The minimum absolute atomic E-state index is 0.108. The summed E-state index contributed by atoms with van der Waals surface area (Å²) in [5.74, 6) is 0.740. The van der Waals surface area contributed by atoms with E-state index < -0.39 is 0 Å². The van der Waals surface area contributed by atoms with E-state index in [1.165, 1.54) is 0 Å². The van der Waals surface area contributed by atoms with Gasteiger partial charge in [0, 0.05) is 32.7 Å². The molecule has 0 saturated carbocycles. The van der Waals surface area contributed by atoms with E-state index in [9.17, 15) is 9.59 Å². The smallest absolute Gasteiger partial charge is 0.245 e. The van der Waals surface area contributed by atoms with Crippen LogP contribution < -0.4 is 0 Å². The van der Waals surface area contributed by atoms with Gasteiger partial charge in [-0.2, -0.15) is 0 Å². The lowest BCUT2D eigenvalue weighted by molar-refractivity contribution is -0.139. The molecule has 0 aromatic heterocycles. The second-order valence-electron chi connectivity index (χ2n) is 5.79. The minimum atomic E-state index is -0.208. The Morgan fingerprint density at radius 2 is 2.11 bits per heavy atom. The van der Waals surface area contributed by atoms with E-state index in [0.717, 1.165) is 26.0 Å². The second kappa shape index (κ2) is 6.37. The molecule has 19 heavy (non-hydrogen) atoms. The first-order chi connectivity index (χ1) is 9.09. The molecule has 5 nitrogen and oxygen atoms in total. The van der Waals surface area contributed by atoms with Crippen LogP contribution in [0.4, 0.5) is 0 Å². The summed E-state index contributed by atoms with van der Waals surface area (Å²) >= 11 is 0. The summed E-state index contributed by atoms with van der Waals surface area (Å²) in [6.07, 6.45) is 2.21. The maximum Gasteiger partial charge on any atom is 0.245 e. The molecule has 2 saturated heterocycles. The number of carbonyl (C=O) groups excluding carboxylic acids is 2. The number of rotatable bonds is 5. The molecule has 1 atom stereocenters. The third-order valence-electron chi connectivity index (χ3n) is 3.72. The molecular weight excluding hydrogens is 244 g/mol. The lowest BCUT2D eigenvalue weighted by atomic mass is 10.2. The van der Waals surface area contributed by atoms with Gasteiger partial charge in [0.15, 0.2) is 0 Å². The second-order valence-corrected chi connectivity index (χ2v) is 5.79. The average molecular weight is 268 g/mol. The van der Waals surface area contributed by atoms with Gasteiger partial charge >= 0.3 is 0 Å². The van der Waals surface area contributed by atoms with Crippen molar-refractivity contribution < 1.29 is 14.3 Å². The molecule has 2 aliphatic heterocycles. The third kappa shape index (κ3) is 3.47. The molecule has 2 rings (SSSR count). The zero-order chi connectivity index (χ0) is 13.8. The largest absolute Gasteiger partial charge is 0.379 e. The van der Waals surface area contributed by atoms with E-state index in [1.54, 1.807) is 9.80 Å². The first kappa shape index (κ1) is 14.3. The predicted octanol–water partition coefficient (Wildman–Crippen LogP) is 0.882. The van der Waals surface area contributed by atoms with E-state index in [4.69, 9.17) is 4.74 Å². The molecule has 2 heterocycles. The number of carbonyl (C=O) groups is 2. The van der Waals surface area contributed by atoms with Gasteiger partial charge in [-0.05, 0) is 18.8 Å². The molecule has 0 spiro atoms. The van der Waals surface area contributed by atoms with Gasteiger partial charge < -0.3 is 14.5 Å². The van der Waals surface area contributed by atoms with Gasteiger partial charge in [0.25, 0.3) is 0 Å². The molecule has 0 radical (unpaired) electrons. The van der Waals surface area contributed by atoms with Crippen molar-refractivity contribution in [1.82, 2.24) is 9.80 Å². The Labute approximate surface area is 114 Å². The van der Waals surface area contributed by atoms with Gasteiger partial charge in [-0.15, -0.1) is 0 Å². The summed E-state index contributed by atoms with van der Waals surface area (Å²) in [5.41, 5.74) is 0. The van der Waals surface area contributed by atoms with Gasteiger partial charge in [-0.1, -0.05) is 13.8 Å². The summed E-state index contributed by atoms with van der Waals surface area (Å²) in [6.45, 7) is 7.37. The SMILES string of the molecule is CC(C)COCCN1CCC(=O)N2CCCC2C1=O. The molecule has 5 heteroatoms. The first-order valence-corrected chi connectivity index (χ1v) is 7.25. The van der Waals surface area contributed by atoms with Crippen LogP contribution in [0.2, 0.25) is 0 Å². The van der Waals surface area contributed by atoms with Crippen LogP contribution >= 0.6 is 0 Å². The fourth-order valence-corrected chi connectivity index (χ4v) is 2.73. The molecular formula is C14H24N2O3. The molecule has 2 fully saturated rings. The quantitative estimate of drug-likeness (QED) is 0.696. The van der Waals surface area contributed by atoms with E-state index in [-0.39, 0.29) is 17.9 Å². The lowest BCUT2D eigenvalue weighted by Gasteiger charge is -2.25. The van der Waals surface area contributed by atoms with Gasteiger partial charge in [0.1, 0.15) is 6.04 Å². The van der Waals surface area contributed by atoms with E-state index in [1.807, 2.05) is 0 Å². The summed E-state index contributed by atoms with van der Waals surface area (Å²) in [5, 5.41) is 0. The van der Waals surface area contributed by atoms with Crippen LogP contribution in [0, 0.1) is 5.92 Å². The summed E-state index contributed by atoms with van der Waals surface area (Å²) < 4.78 is 5.53. The molecule has 0 aromatic rings. The van der Waals surface area contributed by atoms with Crippen molar-refractivity contribution in [2.75, 3.05) is 32.8 Å². The lowest BCUT2D eigenvalue weighted by Crippen LogP contribution is -2.44. The number of hydrogen-bond donors (Lipinski definition) is 0. The van der Waals surface area contributed by atoms with Crippen molar-refractivity contribution >= 4 is 11.8 Å². The number of fused-ring (bicyclic) bond motifs is 1. The maximum absolute atomic E-state index is 12.4. The Morgan fingerprint density at radius 3 is 2.84 bits per heavy atom. The standard InChI is InChI=1S/C14H24N2O3/c1-11(2)10-19-9-8-15-7-5-13(17)16-6-3-4-12(16)14(15)18/h11-12H,3-10H2,1-2H3. The number of ether oxygens (including phenoxy) is 1. The highest BCUT2D eigenvalue weighted by Crippen LogP contribution is 2.23. The summed E-state index contributed by atoms with van der Waals surface area (Å²) in [7, 11) is 0. The average Bonchev–Trinajstić information content (AvgIpc) is 2.81. The Bertz CT molecular complexity index is 344. The molecule has 0 bridgehead atoms. The molecule has 0 aliphatic carbocycles. The molecule has 2 aliphatic rings. The van der Waals surface area contributed by atoms with Gasteiger partial charge in [-0.25, -0.2) is 0 Å². The minimum Gasteiger partial charge on any atom is -0.379 e. The van der Waals surface area contributed by atoms with Crippen molar-refractivity contribution in [1.29, 1.82) is 0 Å². The Morgan fingerprint density at radius 1 is 1.32 bits per heavy atom. The molecule has 0 N–H and O–H groups in total. The van der Waals surface area contributed by atoms with Crippen LogP contribution in [0.5, 0.6) is 0 Å². The van der Waals surface area contributed by atoms with Crippen molar-refractivity contribution in [3.8, 4) is 0 Å². The van der Waals surface area contributed by atoms with Crippen molar-refractivity contribution in [3.63, 3.8) is 0 Å². The van der Waals surface area contributed by atoms with E-state index >= 15 is 0 Å². The molecule has 0 aromatic carbocycles. The zero-order valence-electron chi connectivity index (χ0n) is 11.9. The Kier molecular flexibility index (Phi) is 4.80. The van der Waals surface area contributed by atoms with Gasteiger partial charge in [0.2, 0.25) is 11.8 Å². The van der Waals surface area contributed by atoms with Gasteiger partial charge in [0.05, 0.1) is 6.61 Å². The van der Waals surface area contributed by atoms with Crippen molar-refractivity contribution in [2.24, 2.45) is 5.92 Å².